The van der Waals surface area contributed by atoms with E-state index in [1.54, 1.807) is 18.8 Å². The first-order valence-corrected chi connectivity index (χ1v) is 6.21. The molecular weight excluding hydrogens is 276 g/mol. The van der Waals surface area contributed by atoms with E-state index in [4.69, 9.17) is 4.74 Å². The molecule has 0 spiro atoms. The molecular formula is C13H16N4O4. The molecule has 2 rings (SSSR count). The van der Waals surface area contributed by atoms with Crippen LogP contribution in [0.25, 0.3) is 0 Å². The van der Waals surface area contributed by atoms with Crippen molar-refractivity contribution in [1.29, 1.82) is 0 Å². The van der Waals surface area contributed by atoms with Gasteiger partial charge in [-0.3, -0.25) is 10.1 Å². The lowest BCUT2D eigenvalue weighted by Crippen LogP contribution is -2.05. The number of nitrogens with one attached hydrogen (secondary N) is 1. The molecule has 2 aromatic rings. The smallest absolute Gasteiger partial charge is 0.296 e. The van der Waals surface area contributed by atoms with Crippen molar-refractivity contribution < 1.29 is 14.8 Å². The van der Waals surface area contributed by atoms with Gasteiger partial charge in [0.25, 0.3) is 5.69 Å². The van der Waals surface area contributed by atoms with Crippen molar-refractivity contribution in [1.82, 2.24) is 9.78 Å². The highest BCUT2D eigenvalue weighted by molar-refractivity contribution is 5.64. The maximum Gasteiger partial charge on any atom is 0.296 e. The Morgan fingerprint density at radius 2 is 2.24 bits per heavy atom. The Balaban J connectivity index is 2.27. The number of hydrogen-bond donors (Lipinski definition) is 2. The Bertz CT molecular complexity index is 681. The number of benzene rings is 1. The maximum absolute atomic E-state index is 11.0. The molecule has 8 heteroatoms. The van der Waals surface area contributed by atoms with E-state index >= 15 is 0 Å². The predicted octanol–water partition coefficient (Wildman–Crippen LogP) is 1.96. The summed E-state index contributed by atoms with van der Waals surface area (Å²) in [5.41, 5.74) is 1.74. The first kappa shape index (κ1) is 14.6. The molecule has 0 fully saturated rings. The third kappa shape index (κ3) is 2.88. The highest BCUT2D eigenvalue weighted by Crippen LogP contribution is 2.30. The molecule has 0 aliphatic heterocycles. The minimum atomic E-state index is -0.546. The second-order valence-electron chi connectivity index (χ2n) is 4.51. The Labute approximate surface area is 121 Å². The monoisotopic (exact) mass is 292 g/mol. The van der Waals surface area contributed by atoms with Crippen molar-refractivity contribution in [3.8, 4) is 11.6 Å². The van der Waals surface area contributed by atoms with Crippen LogP contribution in [0.3, 0.4) is 0 Å². The molecule has 1 aromatic heterocycles. The summed E-state index contributed by atoms with van der Waals surface area (Å²) in [7, 11) is 3.31. The molecule has 1 aromatic carbocycles. The average Bonchev–Trinajstić information content (AvgIpc) is 2.70. The topological polar surface area (TPSA) is 102 Å². The van der Waals surface area contributed by atoms with Gasteiger partial charge < -0.3 is 15.2 Å². The highest BCUT2D eigenvalue weighted by atomic mass is 16.6. The van der Waals surface area contributed by atoms with E-state index in [1.165, 1.54) is 12.1 Å². The SMILES string of the molecule is COc1c(CNc2ccc(O)cc2[N+](=O)[O-])c(C)nn1C. The van der Waals surface area contributed by atoms with Gasteiger partial charge >= 0.3 is 0 Å². The molecule has 0 amide bonds. The number of hydrogen-bond acceptors (Lipinski definition) is 6. The number of aromatic nitrogens is 2. The first-order chi connectivity index (χ1) is 9.93. The third-order valence-electron chi connectivity index (χ3n) is 3.12. The zero-order chi connectivity index (χ0) is 15.6. The summed E-state index contributed by atoms with van der Waals surface area (Å²) in [5.74, 6) is 0.448. The van der Waals surface area contributed by atoms with Gasteiger partial charge in [0.2, 0.25) is 5.88 Å². The van der Waals surface area contributed by atoms with Crippen molar-refractivity contribution in [3.05, 3.63) is 39.6 Å². The minimum absolute atomic E-state index is 0.151. The van der Waals surface area contributed by atoms with E-state index in [0.717, 1.165) is 17.3 Å². The van der Waals surface area contributed by atoms with E-state index in [1.807, 2.05) is 6.92 Å². The Kier molecular flexibility index (Phi) is 3.97. The molecule has 0 aliphatic carbocycles. The molecule has 112 valence electrons. The fraction of sp³-hybridized carbons (Fsp3) is 0.308. The van der Waals surface area contributed by atoms with Crippen LogP contribution in [0.15, 0.2) is 18.2 Å². The van der Waals surface area contributed by atoms with Gasteiger partial charge in [0.15, 0.2) is 0 Å². The Morgan fingerprint density at radius 3 is 2.86 bits per heavy atom. The lowest BCUT2D eigenvalue weighted by molar-refractivity contribution is -0.384. The second-order valence-corrected chi connectivity index (χ2v) is 4.51. The lowest BCUT2D eigenvalue weighted by Gasteiger charge is -2.09. The van der Waals surface area contributed by atoms with Gasteiger partial charge in [-0.2, -0.15) is 5.10 Å². The summed E-state index contributed by atoms with van der Waals surface area (Å²) in [5, 5.41) is 27.6. The molecule has 0 aliphatic rings. The summed E-state index contributed by atoms with van der Waals surface area (Å²) in [6.45, 7) is 2.17. The van der Waals surface area contributed by atoms with Crippen LogP contribution in [0, 0.1) is 17.0 Å². The normalized spacial score (nSPS) is 10.4. The van der Waals surface area contributed by atoms with Crippen LogP contribution >= 0.6 is 0 Å². The largest absolute Gasteiger partial charge is 0.508 e. The van der Waals surface area contributed by atoms with E-state index in [9.17, 15) is 15.2 Å². The summed E-state index contributed by atoms with van der Waals surface area (Å²) in [4.78, 5) is 10.4. The quantitative estimate of drug-likeness (QED) is 0.496. The number of anilines is 1. The number of nitrogens with zero attached hydrogens (tertiary/aromatic N) is 3. The molecule has 0 bridgehead atoms. The van der Waals surface area contributed by atoms with Gasteiger partial charge in [0, 0.05) is 13.6 Å². The zero-order valence-corrected chi connectivity index (χ0v) is 12.0. The Morgan fingerprint density at radius 1 is 1.52 bits per heavy atom. The fourth-order valence-corrected chi connectivity index (χ4v) is 2.14. The lowest BCUT2D eigenvalue weighted by atomic mass is 10.2. The second kappa shape index (κ2) is 5.70. The Hall–Kier alpha value is -2.77. The summed E-state index contributed by atoms with van der Waals surface area (Å²) in [6.07, 6.45) is 0. The maximum atomic E-state index is 11.0. The summed E-state index contributed by atoms with van der Waals surface area (Å²) in [6, 6.07) is 3.96. The standard InChI is InChI=1S/C13H16N4O4/c1-8-10(13(21-3)16(2)15-8)7-14-11-5-4-9(18)6-12(11)17(19)20/h4-6,14,18H,7H2,1-3H3. The van der Waals surface area contributed by atoms with Gasteiger partial charge in [-0.15, -0.1) is 0 Å². The number of phenols is 1. The van der Waals surface area contributed by atoms with Gasteiger partial charge in [-0.25, -0.2) is 4.68 Å². The molecule has 0 unspecified atom stereocenters. The highest BCUT2D eigenvalue weighted by Gasteiger charge is 2.17. The molecule has 21 heavy (non-hydrogen) atoms. The van der Waals surface area contributed by atoms with Crippen LogP contribution in [-0.4, -0.2) is 26.9 Å². The molecule has 1 heterocycles. The van der Waals surface area contributed by atoms with Gasteiger partial charge in [0.1, 0.15) is 11.4 Å². The van der Waals surface area contributed by atoms with Crippen LogP contribution in [0.2, 0.25) is 0 Å². The van der Waals surface area contributed by atoms with Gasteiger partial charge in [-0.1, -0.05) is 0 Å². The molecule has 0 radical (unpaired) electrons. The number of ether oxygens (including phenoxy) is 1. The van der Waals surface area contributed by atoms with E-state index in [-0.39, 0.29) is 11.4 Å². The van der Waals surface area contributed by atoms with Gasteiger partial charge in [-0.05, 0) is 19.1 Å². The van der Waals surface area contributed by atoms with Crippen molar-refractivity contribution >= 4 is 11.4 Å². The van der Waals surface area contributed by atoms with Crippen LogP contribution in [0.1, 0.15) is 11.3 Å². The van der Waals surface area contributed by atoms with Gasteiger partial charge in [0.05, 0.1) is 29.4 Å². The van der Waals surface area contributed by atoms with Crippen LogP contribution in [0.4, 0.5) is 11.4 Å². The van der Waals surface area contributed by atoms with Crippen molar-refractivity contribution in [2.75, 3.05) is 12.4 Å². The average molecular weight is 292 g/mol. The van der Waals surface area contributed by atoms with Crippen LogP contribution < -0.4 is 10.1 Å². The number of aromatic hydroxyl groups is 1. The van der Waals surface area contributed by atoms with E-state index in [0.29, 0.717) is 18.1 Å². The third-order valence-corrected chi connectivity index (χ3v) is 3.12. The fourth-order valence-electron chi connectivity index (χ4n) is 2.14. The van der Waals surface area contributed by atoms with E-state index in [2.05, 4.69) is 10.4 Å². The van der Waals surface area contributed by atoms with Crippen molar-refractivity contribution in [2.24, 2.45) is 7.05 Å². The number of nitro groups is 1. The van der Waals surface area contributed by atoms with Crippen LogP contribution in [-0.2, 0) is 13.6 Å². The molecule has 0 saturated heterocycles. The molecule has 8 nitrogen and oxygen atoms in total. The number of methoxy groups -OCH3 is 1. The van der Waals surface area contributed by atoms with Crippen molar-refractivity contribution in [2.45, 2.75) is 13.5 Å². The van der Waals surface area contributed by atoms with E-state index < -0.39 is 4.92 Å². The zero-order valence-electron chi connectivity index (χ0n) is 12.0. The minimum Gasteiger partial charge on any atom is -0.508 e. The molecule has 2 N–H and O–H groups in total. The van der Waals surface area contributed by atoms with Crippen molar-refractivity contribution in [3.63, 3.8) is 0 Å². The summed E-state index contributed by atoms with van der Waals surface area (Å²) < 4.78 is 6.88. The number of phenolic OH excluding ortho intramolecular Hbond substituents is 1. The first-order valence-electron chi connectivity index (χ1n) is 6.21. The summed E-state index contributed by atoms with van der Waals surface area (Å²) >= 11 is 0. The number of nitro benzene ring substituents is 1. The van der Waals surface area contributed by atoms with Crippen LogP contribution in [0.5, 0.6) is 11.6 Å². The molecule has 0 saturated carbocycles. The molecule has 0 atom stereocenters. The predicted molar refractivity (Wildman–Crippen MR) is 76.6 cm³/mol. The number of aryl methyl sites for hydroxylation is 2. The number of rotatable bonds is 5.